The van der Waals surface area contributed by atoms with Crippen molar-refractivity contribution in [2.45, 2.75) is 6.92 Å². The minimum atomic E-state index is -2.17. The first-order valence-electron chi connectivity index (χ1n) is 3.15. The molecule has 0 nitrogen and oxygen atoms in total. The van der Waals surface area contributed by atoms with Gasteiger partial charge >= 0.3 is 20.4 Å². The van der Waals surface area contributed by atoms with Crippen molar-refractivity contribution in [3.05, 3.63) is 42.1 Å². The van der Waals surface area contributed by atoms with Gasteiger partial charge < -0.3 is 6.92 Å². The second-order valence-corrected chi connectivity index (χ2v) is 1.69. The molecule has 1 rings (SSSR count). The molecule has 0 fully saturated rings. The van der Waals surface area contributed by atoms with E-state index < -0.39 is 29.1 Å². The molecular formula is C8H5F5Pd. The maximum absolute atomic E-state index is 12.0. The van der Waals surface area contributed by atoms with Crippen LogP contribution >= 0.6 is 0 Å². The van der Waals surface area contributed by atoms with Crippen LogP contribution in [-0.4, -0.2) is 0 Å². The van der Waals surface area contributed by atoms with E-state index in [1.807, 2.05) is 0 Å². The SMILES string of the molecule is Fc1[c-]c(F)c(F)c(F)c1F.[CH2-]C.[Pd+2]. The molecule has 0 aliphatic carbocycles. The van der Waals surface area contributed by atoms with Crippen LogP contribution in [0.25, 0.3) is 0 Å². The first kappa shape index (κ1) is 16.0. The van der Waals surface area contributed by atoms with Gasteiger partial charge in [-0.15, -0.1) is 6.07 Å². The van der Waals surface area contributed by atoms with Crippen LogP contribution in [0.3, 0.4) is 0 Å². The quantitative estimate of drug-likeness (QED) is 0.227. The Morgan fingerprint density at radius 1 is 0.786 bits per heavy atom. The van der Waals surface area contributed by atoms with E-state index in [9.17, 15) is 22.0 Å². The van der Waals surface area contributed by atoms with Crippen LogP contribution in [-0.2, 0) is 20.4 Å². The van der Waals surface area contributed by atoms with Gasteiger partial charge in [0.1, 0.15) is 0 Å². The van der Waals surface area contributed by atoms with E-state index >= 15 is 0 Å². The molecule has 14 heavy (non-hydrogen) atoms. The van der Waals surface area contributed by atoms with Crippen molar-refractivity contribution in [1.29, 1.82) is 0 Å². The standard InChI is InChI=1S/C6F5.C2H5.Pd/c7-2-1-3(8)5(10)6(11)4(2)9;1-2;/h;1H2,2H3;/q2*-1;+2. The summed E-state index contributed by atoms with van der Waals surface area (Å²) in [4.78, 5) is 0. The minimum Gasteiger partial charge on any atom is -0.346 e. The fraction of sp³-hybridized carbons (Fsp3) is 0.125. The van der Waals surface area contributed by atoms with E-state index in [4.69, 9.17) is 0 Å². The van der Waals surface area contributed by atoms with Crippen LogP contribution in [0.4, 0.5) is 22.0 Å². The Morgan fingerprint density at radius 3 is 1.36 bits per heavy atom. The third-order valence-corrected chi connectivity index (χ3v) is 0.990. The van der Waals surface area contributed by atoms with Gasteiger partial charge in [0.2, 0.25) is 0 Å². The predicted molar refractivity (Wildman–Crippen MR) is 36.1 cm³/mol. The van der Waals surface area contributed by atoms with Crippen molar-refractivity contribution in [3.63, 3.8) is 0 Å². The molecule has 0 radical (unpaired) electrons. The molecule has 0 heterocycles. The molecule has 0 spiro atoms. The molecule has 0 aliphatic heterocycles. The first-order valence-corrected chi connectivity index (χ1v) is 3.15. The van der Waals surface area contributed by atoms with E-state index in [2.05, 4.69) is 6.92 Å². The summed E-state index contributed by atoms with van der Waals surface area (Å²) < 4.78 is 59.9. The molecule has 0 unspecified atom stereocenters. The maximum Gasteiger partial charge on any atom is 2.00 e. The Kier molecular flexibility index (Phi) is 7.89. The van der Waals surface area contributed by atoms with Gasteiger partial charge in [0.25, 0.3) is 0 Å². The molecule has 82 valence electrons. The summed E-state index contributed by atoms with van der Waals surface area (Å²) >= 11 is 0. The smallest absolute Gasteiger partial charge is 0.346 e. The largest absolute Gasteiger partial charge is 2.00 e. The molecule has 6 heteroatoms. The van der Waals surface area contributed by atoms with E-state index in [0.29, 0.717) is 0 Å². The molecular weight excluding hydrogens is 297 g/mol. The van der Waals surface area contributed by atoms with Crippen LogP contribution < -0.4 is 0 Å². The zero-order chi connectivity index (χ0) is 10.6. The van der Waals surface area contributed by atoms with E-state index in [-0.39, 0.29) is 20.4 Å². The molecule has 0 atom stereocenters. The number of hydrogen-bond acceptors (Lipinski definition) is 0. The Labute approximate surface area is 91.8 Å². The third-order valence-electron chi connectivity index (χ3n) is 0.990. The van der Waals surface area contributed by atoms with Gasteiger partial charge in [-0.2, -0.15) is 6.92 Å². The van der Waals surface area contributed by atoms with Gasteiger partial charge in [0, 0.05) is 0 Å². The van der Waals surface area contributed by atoms with Crippen molar-refractivity contribution in [1.82, 2.24) is 0 Å². The molecule has 0 bridgehead atoms. The summed E-state index contributed by atoms with van der Waals surface area (Å²) in [5.74, 6) is -10.0. The fourth-order valence-corrected chi connectivity index (χ4v) is 0.495. The zero-order valence-electron chi connectivity index (χ0n) is 6.91. The zero-order valence-corrected chi connectivity index (χ0v) is 8.47. The van der Waals surface area contributed by atoms with Crippen molar-refractivity contribution in [2.75, 3.05) is 0 Å². The van der Waals surface area contributed by atoms with E-state index in [0.717, 1.165) is 6.07 Å². The average Bonchev–Trinajstić information content (AvgIpc) is 2.15. The molecule has 0 N–H and O–H groups in total. The molecule has 0 amide bonds. The predicted octanol–water partition coefficient (Wildman–Crippen LogP) is 3.02. The summed E-state index contributed by atoms with van der Waals surface area (Å²) in [6, 6.07) is 1.02. The van der Waals surface area contributed by atoms with Crippen LogP contribution in [0.2, 0.25) is 0 Å². The van der Waals surface area contributed by atoms with E-state index in [1.165, 1.54) is 0 Å². The molecule has 0 aromatic heterocycles. The van der Waals surface area contributed by atoms with Gasteiger partial charge in [0.05, 0.1) is 29.1 Å². The van der Waals surface area contributed by atoms with Crippen LogP contribution in [0.5, 0.6) is 0 Å². The first-order chi connectivity index (χ1) is 6.04. The fourth-order valence-electron chi connectivity index (χ4n) is 0.495. The summed E-state index contributed by atoms with van der Waals surface area (Å²) in [6.45, 7) is 5.00. The summed E-state index contributed by atoms with van der Waals surface area (Å²) in [5.41, 5.74) is 0. The minimum absolute atomic E-state index is 0. The van der Waals surface area contributed by atoms with Gasteiger partial charge in [0.15, 0.2) is 0 Å². The van der Waals surface area contributed by atoms with Crippen LogP contribution in [0.15, 0.2) is 0 Å². The number of hydrogen-bond donors (Lipinski definition) is 0. The molecule has 1 aromatic rings. The molecule has 0 aliphatic rings. The number of halogens is 5. The Hall–Kier alpha value is -0.468. The van der Waals surface area contributed by atoms with Gasteiger partial charge in [-0.05, 0) is 0 Å². The second-order valence-electron chi connectivity index (χ2n) is 1.69. The van der Waals surface area contributed by atoms with Gasteiger partial charge in [-0.25, -0.2) is 13.2 Å². The maximum atomic E-state index is 12.0. The second kappa shape index (κ2) is 6.91. The Morgan fingerprint density at radius 2 is 1.07 bits per heavy atom. The normalized spacial score (nSPS) is 8.50. The molecule has 0 saturated carbocycles. The number of benzene rings is 1. The monoisotopic (exact) mass is 302 g/mol. The average molecular weight is 303 g/mol. The summed E-state index contributed by atoms with van der Waals surface area (Å²) in [5, 5.41) is 0. The van der Waals surface area contributed by atoms with Crippen molar-refractivity contribution >= 4 is 0 Å². The summed E-state index contributed by atoms with van der Waals surface area (Å²) in [7, 11) is 0. The van der Waals surface area contributed by atoms with E-state index in [1.54, 1.807) is 6.92 Å². The number of rotatable bonds is 0. The van der Waals surface area contributed by atoms with Crippen LogP contribution in [0.1, 0.15) is 6.92 Å². The molecule has 0 saturated heterocycles. The van der Waals surface area contributed by atoms with Gasteiger partial charge in [-0.1, -0.05) is 0 Å². The van der Waals surface area contributed by atoms with Gasteiger partial charge in [-0.3, -0.25) is 8.78 Å². The van der Waals surface area contributed by atoms with Crippen molar-refractivity contribution in [3.8, 4) is 0 Å². The summed E-state index contributed by atoms with van der Waals surface area (Å²) in [6.07, 6.45) is 0. The van der Waals surface area contributed by atoms with Crippen LogP contribution in [0, 0.1) is 42.1 Å². The topological polar surface area (TPSA) is 0 Å². The van der Waals surface area contributed by atoms with Crippen molar-refractivity contribution < 1.29 is 42.4 Å². The van der Waals surface area contributed by atoms with Crippen molar-refractivity contribution in [2.24, 2.45) is 0 Å². The third kappa shape index (κ3) is 3.35. The Bertz CT molecular complexity index is 274. The Balaban J connectivity index is 0. The molecule has 1 aromatic carbocycles.